The molecule has 3 nitrogen and oxygen atoms in total. The summed E-state index contributed by atoms with van der Waals surface area (Å²) >= 11 is 0. The largest absolute Gasteiger partial charge is 0.309 e. The second-order valence-electron chi connectivity index (χ2n) is 16.1. The quantitative estimate of drug-likeness (QED) is 0.161. The fraction of sp³-hybridized carbons (Fsp3) is 0.0169. The van der Waals surface area contributed by atoms with Crippen molar-refractivity contribution < 1.29 is 0 Å². The predicted molar refractivity (Wildman–Crippen MR) is 256 cm³/mol. The Balaban J connectivity index is 1.01. The van der Waals surface area contributed by atoms with Crippen LogP contribution in [-0.2, 0) is 0 Å². The van der Waals surface area contributed by atoms with E-state index in [1.165, 1.54) is 60.8 Å². The molecule has 0 amide bonds. The van der Waals surface area contributed by atoms with Crippen LogP contribution in [0.3, 0.4) is 0 Å². The molecule has 3 heteroatoms. The van der Waals surface area contributed by atoms with E-state index in [9.17, 15) is 0 Å². The fourth-order valence-electron chi connectivity index (χ4n) is 9.54. The van der Waals surface area contributed by atoms with Crippen molar-refractivity contribution in [3.05, 3.63) is 247 Å². The Hall–Kier alpha value is -8.14. The minimum absolute atomic E-state index is 0.183. The lowest BCUT2D eigenvalue weighted by atomic mass is 9.89. The number of hydrogen-bond donors (Lipinski definition) is 0. The van der Waals surface area contributed by atoms with Gasteiger partial charge in [-0.1, -0.05) is 188 Å². The Labute approximate surface area is 360 Å². The molecule has 0 aliphatic heterocycles. The number of aromatic nitrogens is 3. The third kappa shape index (κ3) is 6.14. The summed E-state index contributed by atoms with van der Waals surface area (Å²) in [6.07, 6.45) is 0. The number of fused-ring (bicyclic) bond motifs is 6. The van der Waals surface area contributed by atoms with Crippen molar-refractivity contribution in [1.29, 1.82) is 0 Å². The van der Waals surface area contributed by atoms with Crippen LogP contribution < -0.4 is 0 Å². The van der Waals surface area contributed by atoms with E-state index in [0.29, 0.717) is 5.82 Å². The lowest BCUT2D eigenvalue weighted by Crippen LogP contribution is -1.99. The first-order chi connectivity index (χ1) is 30.7. The standard InChI is InChI=1S/C59H39N3/c1-4-15-39(16-5-1)43-19-14-20-44(35-43)40-27-29-42(30-28-40)59-60-54(45-32-34-52-53(36-45)48-23-10-11-25-51(48)58(52)41-17-6-2-7-18-41)38-55(61-59)46-31-33-50-49-24-12-13-26-56(49)62(57(50)37-46)47-21-8-3-9-22-47/h1-38,58H. The predicted octanol–water partition coefficient (Wildman–Crippen LogP) is 15.1. The molecule has 2 aromatic heterocycles. The normalized spacial score (nSPS) is 13.0. The maximum absolute atomic E-state index is 5.36. The Kier molecular flexibility index (Phi) is 8.57. The molecule has 0 saturated heterocycles. The zero-order valence-electron chi connectivity index (χ0n) is 33.9. The molecule has 0 bridgehead atoms. The van der Waals surface area contributed by atoms with E-state index in [-0.39, 0.29) is 5.92 Å². The topological polar surface area (TPSA) is 30.7 Å². The van der Waals surface area contributed by atoms with E-state index in [0.717, 1.165) is 44.8 Å². The molecule has 9 aromatic carbocycles. The van der Waals surface area contributed by atoms with Crippen LogP contribution in [0.1, 0.15) is 22.6 Å². The monoisotopic (exact) mass is 789 g/mol. The van der Waals surface area contributed by atoms with Gasteiger partial charge in [0.15, 0.2) is 5.82 Å². The molecule has 12 rings (SSSR count). The molecule has 0 fully saturated rings. The lowest BCUT2D eigenvalue weighted by molar-refractivity contribution is 1.01. The molecule has 0 radical (unpaired) electrons. The van der Waals surface area contributed by atoms with Crippen molar-refractivity contribution in [1.82, 2.24) is 14.5 Å². The molecular weight excluding hydrogens is 751 g/mol. The Bertz CT molecular complexity index is 3440. The van der Waals surface area contributed by atoms with Gasteiger partial charge >= 0.3 is 0 Å². The highest BCUT2D eigenvalue weighted by molar-refractivity contribution is 6.10. The number of nitrogens with zero attached hydrogens (tertiary/aromatic N) is 3. The lowest BCUT2D eigenvalue weighted by Gasteiger charge is -2.15. The molecule has 0 spiro atoms. The molecule has 1 unspecified atom stereocenters. The zero-order chi connectivity index (χ0) is 41.0. The smallest absolute Gasteiger partial charge is 0.160 e. The van der Waals surface area contributed by atoms with Gasteiger partial charge in [-0.3, -0.25) is 0 Å². The van der Waals surface area contributed by atoms with Gasteiger partial charge in [-0.05, 0) is 92.5 Å². The van der Waals surface area contributed by atoms with E-state index < -0.39 is 0 Å². The molecule has 1 atom stereocenters. The van der Waals surface area contributed by atoms with Crippen molar-refractivity contribution in [3.8, 4) is 73.0 Å². The van der Waals surface area contributed by atoms with Crippen molar-refractivity contribution in [2.24, 2.45) is 0 Å². The first-order valence-corrected chi connectivity index (χ1v) is 21.3. The van der Waals surface area contributed by atoms with Gasteiger partial charge < -0.3 is 4.57 Å². The van der Waals surface area contributed by atoms with Gasteiger partial charge in [0.1, 0.15) is 0 Å². The Morgan fingerprint density at radius 1 is 0.323 bits per heavy atom. The van der Waals surface area contributed by atoms with Crippen LogP contribution in [0.4, 0.5) is 0 Å². The fourth-order valence-corrected chi connectivity index (χ4v) is 9.54. The average molecular weight is 790 g/mol. The van der Waals surface area contributed by atoms with Crippen LogP contribution >= 0.6 is 0 Å². The van der Waals surface area contributed by atoms with E-state index in [1.54, 1.807) is 0 Å². The summed E-state index contributed by atoms with van der Waals surface area (Å²) in [6, 6.07) is 82.8. The van der Waals surface area contributed by atoms with Crippen LogP contribution in [0, 0.1) is 0 Å². The van der Waals surface area contributed by atoms with Crippen molar-refractivity contribution in [2.45, 2.75) is 5.92 Å². The van der Waals surface area contributed by atoms with Crippen LogP contribution in [0.5, 0.6) is 0 Å². The second-order valence-corrected chi connectivity index (χ2v) is 16.1. The highest BCUT2D eigenvalue weighted by Crippen LogP contribution is 2.49. The van der Waals surface area contributed by atoms with Crippen molar-refractivity contribution in [2.75, 3.05) is 0 Å². The SMILES string of the molecule is c1ccc(-c2cccc(-c3ccc(-c4nc(-c5ccc6c(c5)-c5ccccc5C6c5ccccc5)cc(-c5ccc6c7ccccc7n(-c7ccccc7)c6c5)n4)cc3)c2)cc1. The van der Waals surface area contributed by atoms with Crippen LogP contribution in [-0.4, -0.2) is 14.5 Å². The minimum Gasteiger partial charge on any atom is -0.309 e. The molecule has 2 heterocycles. The van der Waals surface area contributed by atoms with Crippen LogP contribution in [0.2, 0.25) is 0 Å². The van der Waals surface area contributed by atoms with Gasteiger partial charge in [-0.25, -0.2) is 9.97 Å². The van der Waals surface area contributed by atoms with E-state index in [1.807, 2.05) is 0 Å². The van der Waals surface area contributed by atoms with Gasteiger partial charge in [-0.2, -0.15) is 0 Å². The highest BCUT2D eigenvalue weighted by atomic mass is 15.0. The summed E-state index contributed by atoms with van der Waals surface area (Å²) in [5, 5.41) is 2.43. The summed E-state index contributed by atoms with van der Waals surface area (Å²) in [6.45, 7) is 0. The Morgan fingerprint density at radius 3 is 1.65 bits per heavy atom. The molecule has 0 saturated carbocycles. The summed E-state index contributed by atoms with van der Waals surface area (Å²) < 4.78 is 2.36. The van der Waals surface area contributed by atoms with E-state index in [2.05, 4.69) is 235 Å². The minimum atomic E-state index is 0.183. The molecule has 1 aliphatic rings. The molecule has 62 heavy (non-hydrogen) atoms. The number of para-hydroxylation sites is 2. The van der Waals surface area contributed by atoms with Gasteiger partial charge in [0, 0.05) is 39.1 Å². The number of rotatable bonds is 7. The third-order valence-electron chi connectivity index (χ3n) is 12.5. The molecule has 11 aromatic rings. The van der Waals surface area contributed by atoms with Gasteiger partial charge in [0.2, 0.25) is 0 Å². The van der Waals surface area contributed by atoms with Gasteiger partial charge in [0.05, 0.1) is 22.4 Å². The van der Waals surface area contributed by atoms with Crippen LogP contribution in [0.25, 0.3) is 94.8 Å². The van der Waals surface area contributed by atoms with Crippen molar-refractivity contribution in [3.63, 3.8) is 0 Å². The van der Waals surface area contributed by atoms with Crippen LogP contribution in [0.15, 0.2) is 231 Å². The summed E-state index contributed by atoms with van der Waals surface area (Å²) in [5.41, 5.74) is 19.5. The maximum atomic E-state index is 5.36. The number of benzene rings is 9. The molecular formula is C59H39N3. The van der Waals surface area contributed by atoms with Gasteiger partial charge in [-0.15, -0.1) is 0 Å². The van der Waals surface area contributed by atoms with E-state index >= 15 is 0 Å². The molecule has 290 valence electrons. The average Bonchev–Trinajstić information content (AvgIpc) is 3.87. The first-order valence-electron chi connectivity index (χ1n) is 21.3. The summed E-state index contributed by atoms with van der Waals surface area (Å²) in [5.74, 6) is 0.872. The summed E-state index contributed by atoms with van der Waals surface area (Å²) in [7, 11) is 0. The third-order valence-corrected chi connectivity index (χ3v) is 12.5. The molecule has 0 N–H and O–H groups in total. The van der Waals surface area contributed by atoms with E-state index in [4.69, 9.17) is 9.97 Å². The zero-order valence-corrected chi connectivity index (χ0v) is 33.9. The van der Waals surface area contributed by atoms with Crippen molar-refractivity contribution >= 4 is 21.8 Å². The Morgan fingerprint density at radius 2 is 0.871 bits per heavy atom. The maximum Gasteiger partial charge on any atom is 0.160 e. The molecule has 1 aliphatic carbocycles. The highest BCUT2D eigenvalue weighted by Gasteiger charge is 2.30. The number of hydrogen-bond acceptors (Lipinski definition) is 2. The second kappa shape index (κ2) is 14.8. The summed E-state index contributed by atoms with van der Waals surface area (Å²) in [4.78, 5) is 10.7. The first kappa shape index (κ1) is 35.8. The van der Waals surface area contributed by atoms with Gasteiger partial charge in [0.25, 0.3) is 0 Å².